The van der Waals surface area contributed by atoms with Gasteiger partial charge in [0, 0.05) is 0 Å². The molecule has 2 N–H and O–H groups in total. The van der Waals surface area contributed by atoms with Gasteiger partial charge in [-0.15, -0.1) is 0 Å². The lowest BCUT2D eigenvalue weighted by atomic mass is 9.90. The molecule has 1 aliphatic rings. The molecule has 0 heterocycles. The van der Waals surface area contributed by atoms with E-state index in [4.69, 9.17) is 10.4 Å². The molecule has 0 radical (unpaired) electrons. The Kier molecular flexibility index (Phi) is 2.70. The first kappa shape index (κ1) is 9.49. The van der Waals surface area contributed by atoms with Crippen LogP contribution in [-0.2, 0) is 10.0 Å². The van der Waals surface area contributed by atoms with Crippen LogP contribution in [0.3, 0.4) is 0 Å². The van der Waals surface area contributed by atoms with Crippen LogP contribution in [0.2, 0.25) is 0 Å². The summed E-state index contributed by atoms with van der Waals surface area (Å²) in [5, 5.41) is 13.0. The van der Waals surface area contributed by atoms with E-state index in [1.807, 2.05) is 6.07 Å². The van der Waals surface area contributed by atoms with Crippen LogP contribution in [-0.4, -0.2) is 13.7 Å². The molecule has 12 heavy (non-hydrogen) atoms. The Morgan fingerprint density at radius 2 is 1.92 bits per heavy atom. The van der Waals surface area contributed by atoms with E-state index in [-0.39, 0.29) is 0 Å². The fourth-order valence-corrected chi connectivity index (χ4v) is 2.79. The normalized spacial score (nSPS) is 31.0. The van der Waals surface area contributed by atoms with Crippen LogP contribution in [0, 0.1) is 17.2 Å². The topological polar surface area (TPSA) is 83.9 Å². The Morgan fingerprint density at radius 1 is 1.33 bits per heavy atom. The van der Waals surface area contributed by atoms with Crippen molar-refractivity contribution < 1.29 is 8.42 Å². The average molecular weight is 188 g/mol. The molecule has 5 heteroatoms. The third-order valence-electron chi connectivity index (χ3n) is 2.29. The summed E-state index contributed by atoms with van der Waals surface area (Å²) in [6.07, 6.45) is 3.00. The Bertz CT molecular complexity index is 291. The molecule has 0 amide bonds. The number of rotatable bonds is 1. The Hall–Kier alpha value is -0.600. The third kappa shape index (κ3) is 1.96. The Balaban J connectivity index is 2.81. The van der Waals surface area contributed by atoms with E-state index in [1.54, 1.807) is 0 Å². The number of sulfonamides is 1. The van der Waals surface area contributed by atoms with Gasteiger partial charge in [-0.25, -0.2) is 13.6 Å². The van der Waals surface area contributed by atoms with Gasteiger partial charge in [0.15, 0.2) is 0 Å². The first-order valence-electron chi connectivity index (χ1n) is 3.97. The van der Waals surface area contributed by atoms with Crippen LogP contribution in [0.15, 0.2) is 0 Å². The van der Waals surface area contributed by atoms with Crippen LogP contribution in [0.5, 0.6) is 0 Å². The van der Waals surface area contributed by atoms with Crippen molar-refractivity contribution in [3.8, 4) is 6.07 Å². The zero-order valence-corrected chi connectivity index (χ0v) is 7.55. The van der Waals surface area contributed by atoms with Crippen molar-refractivity contribution >= 4 is 10.0 Å². The molecule has 0 aromatic heterocycles. The van der Waals surface area contributed by atoms with Gasteiger partial charge in [0.1, 0.15) is 0 Å². The molecule has 1 rings (SSSR count). The lowest BCUT2D eigenvalue weighted by molar-refractivity contribution is 0.419. The number of nitrogens with two attached hydrogens (primary N) is 1. The molecular weight excluding hydrogens is 176 g/mol. The molecule has 68 valence electrons. The maximum absolute atomic E-state index is 11.0. The molecule has 1 saturated carbocycles. The second-order valence-electron chi connectivity index (χ2n) is 3.15. The smallest absolute Gasteiger partial charge is 0.213 e. The Labute approximate surface area is 72.4 Å². The monoisotopic (exact) mass is 188 g/mol. The summed E-state index contributed by atoms with van der Waals surface area (Å²) in [7, 11) is -3.51. The zero-order valence-electron chi connectivity index (χ0n) is 6.73. The maximum atomic E-state index is 11.0. The van der Waals surface area contributed by atoms with Gasteiger partial charge in [-0.05, 0) is 12.8 Å². The summed E-state index contributed by atoms with van der Waals surface area (Å²) in [5.41, 5.74) is 0. The standard InChI is InChI=1S/C7H12N2O2S/c8-5-6-3-1-2-4-7(6)12(9,10)11/h6-7H,1-4H2,(H2,9,10,11). The molecule has 2 unspecified atom stereocenters. The highest BCUT2D eigenvalue weighted by molar-refractivity contribution is 7.89. The second kappa shape index (κ2) is 3.42. The largest absolute Gasteiger partial charge is 0.228 e. The molecule has 0 spiro atoms. The summed E-state index contributed by atoms with van der Waals surface area (Å²) in [6, 6.07) is 2.00. The summed E-state index contributed by atoms with van der Waals surface area (Å²) >= 11 is 0. The summed E-state index contributed by atoms with van der Waals surface area (Å²) in [4.78, 5) is 0. The van der Waals surface area contributed by atoms with Gasteiger partial charge in [-0.1, -0.05) is 12.8 Å². The van der Waals surface area contributed by atoms with E-state index in [0.29, 0.717) is 12.8 Å². The van der Waals surface area contributed by atoms with Crippen LogP contribution >= 0.6 is 0 Å². The van der Waals surface area contributed by atoms with Gasteiger partial charge in [0.25, 0.3) is 0 Å². The number of nitriles is 1. The van der Waals surface area contributed by atoms with Gasteiger partial charge < -0.3 is 0 Å². The molecule has 0 aliphatic heterocycles. The average Bonchev–Trinajstić information content (AvgIpc) is 2.03. The third-order valence-corrected chi connectivity index (χ3v) is 3.70. The van der Waals surface area contributed by atoms with E-state index in [0.717, 1.165) is 12.8 Å². The van der Waals surface area contributed by atoms with Gasteiger partial charge in [-0.3, -0.25) is 0 Å². The first-order chi connectivity index (χ1) is 5.55. The van der Waals surface area contributed by atoms with Crippen molar-refractivity contribution in [2.45, 2.75) is 30.9 Å². The number of hydrogen-bond acceptors (Lipinski definition) is 3. The highest BCUT2D eigenvalue weighted by Gasteiger charge is 2.33. The number of primary sulfonamides is 1. The lowest BCUT2D eigenvalue weighted by Crippen LogP contribution is -2.36. The summed E-state index contributed by atoms with van der Waals surface area (Å²) in [5.74, 6) is -0.395. The van der Waals surface area contributed by atoms with Crippen molar-refractivity contribution in [1.82, 2.24) is 0 Å². The fraction of sp³-hybridized carbons (Fsp3) is 0.857. The van der Waals surface area contributed by atoms with Crippen molar-refractivity contribution in [2.24, 2.45) is 11.1 Å². The van der Waals surface area contributed by atoms with Crippen LogP contribution in [0.4, 0.5) is 0 Å². The maximum Gasteiger partial charge on any atom is 0.213 e. The first-order valence-corrected chi connectivity index (χ1v) is 5.58. The quantitative estimate of drug-likeness (QED) is 0.644. The van der Waals surface area contributed by atoms with Gasteiger partial charge in [0.2, 0.25) is 10.0 Å². The molecule has 2 atom stereocenters. The predicted octanol–water partition coefficient (Wildman–Crippen LogP) is 0.357. The molecule has 1 aliphatic carbocycles. The minimum Gasteiger partial charge on any atom is -0.228 e. The van der Waals surface area contributed by atoms with E-state index in [1.165, 1.54) is 0 Å². The molecule has 0 bridgehead atoms. The van der Waals surface area contributed by atoms with E-state index >= 15 is 0 Å². The molecule has 1 fully saturated rings. The highest BCUT2D eigenvalue weighted by Crippen LogP contribution is 2.27. The van der Waals surface area contributed by atoms with E-state index in [9.17, 15) is 8.42 Å². The van der Waals surface area contributed by atoms with Crippen molar-refractivity contribution in [2.75, 3.05) is 0 Å². The fourth-order valence-electron chi connectivity index (χ4n) is 1.64. The van der Waals surface area contributed by atoms with Gasteiger partial charge in [0.05, 0.1) is 17.2 Å². The highest BCUT2D eigenvalue weighted by atomic mass is 32.2. The zero-order chi connectivity index (χ0) is 9.19. The van der Waals surface area contributed by atoms with Crippen LogP contribution in [0.25, 0.3) is 0 Å². The number of hydrogen-bond donors (Lipinski definition) is 1. The second-order valence-corrected chi connectivity index (χ2v) is 4.93. The van der Waals surface area contributed by atoms with Crippen molar-refractivity contribution in [3.63, 3.8) is 0 Å². The van der Waals surface area contributed by atoms with Crippen LogP contribution in [0.1, 0.15) is 25.7 Å². The molecule has 0 aromatic rings. The van der Waals surface area contributed by atoms with Crippen molar-refractivity contribution in [1.29, 1.82) is 5.26 Å². The van der Waals surface area contributed by atoms with Crippen LogP contribution < -0.4 is 5.14 Å². The van der Waals surface area contributed by atoms with Crippen molar-refractivity contribution in [3.05, 3.63) is 0 Å². The minimum atomic E-state index is -3.51. The molecule has 4 nitrogen and oxygen atoms in total. The summed E-state index contributed by atoms with van der Waals surface area (Å²) < 4.78 is 22.0. The molecular formula is C7H12N2O2S. The van der Waals surface area contributed by atoms with E-state index < -0.39 is 21.2 Å². The number of nitrogens with zero attached hydrogens (tertiary/aromatic N) is 1. The minimum absolute atomic E-state index is 0.395. The molecule has 0 saturated heterocycles. The lowest BCUT2D eigenvalue weighted by Gasteiger charge is -2.24. The molecule has 0 aromatic carbocycles. The predicted molar refractivity (Wildman–Crippen MR) is 44.5 cm³/mol. The van der Waals surface area contributed by atoms with Gasteiger partial charge in [-0.2, -0.15) is 5.26 Å². The van der Waals surface area contributed by atoms with Gasteiger partial charge >= 0.3 is 0 Å². The van der Waals surface area contributed by atoms with E-state index in [2.05, 4.69) is 0 Å². The Morgan fingerprint density at radius 3 is 2.33 bits per heavy atom. The summed E-state index contributed by atoms with van der Waals surface area (Å²) in [6.45, 7) is 0. The SMILES string of the molecule is N#CC1CCCCC1S(N)(=O)=O.